The summed E-state index contributed by atoms with van der Waals surface area (Å²) in [6.45, 7) is 2.29. The van der Waals surface area contributed by atoms with E-state index in [1.54, 1.807) is 7.11 Å². The van der Waals surface area contributed by atoms with Gasteiger partial charge in [0.05, 0.1) is 22.7 Å². The van der Waals surface area contributed by atoms with Gasteiger partial charge in [0, 0.05) is 13.5 Å². The normalized spacial score (nSPS) is 10.3. The maximum Gasteiger partial charge on any atom is 0.171 e. The SMILES string of the molecule is COc1ccccc1CCNc1cc(N)c(C(C)=O)s1. The van der Waals surface area contributed by atoms with E-state index in [1.165, 1.54) is 18.3 Å². The van der Waals surface area contributed by atoms with E-state index in [2.05, 4.69) is 5.32 Å². The van der Waals surface area contributed by atoms with Crippen molar-refractivity contribution < 1.29 is 9.53 Å². The molecule has 0 fully saturated rings. The molecule has 106 valence electrons. The van der Waals surface area contributed by atoms with Gasteiger partial charge in [-0.25, -0.2) is 0 Å². The first-order valence-electron chi connectivity index (χ1n) is 6.38. The lowest BCUT2D eigenvalue weighted by Crippen LogP contribution is -2.04. The summed E-state index contributed by atoms with van der Waals surface area (Å²) in [6.07, 6.45) is 0.844. The number of thiophene rings is 1. The van der Waals surface area contributed by atoms with Gasteiger partial charge in [0.15, 0.2) is 5.78 Å². The number of hydrogen-bond acceptors (Lipinski definition) is 5. The first-order chi connectivity index (χ1) is 9.61. The van der Waals surface area contributed by atoms with Crippen molar-refractivity contribution in [3.05, 3.63) is 40.8 Å². The average molecular weight is 290 g/mol. The van der Waals surface area contributed by atoms with Crippen molar-refractivity contribution in [2.75, 3.05) is 24.7 Å². The number of methoxy groups -OCH3 is 1. The number of nitrogens with one attached hydrogen (secondary N) is 1. The van der Waals surface area contributed by atoms with Crippen LogP contribution in [-0.2, 0) is 6.42 Å². The summed E-state index contributed by atoms with van der Waals surface area (Å²) in [5, 5.41) is 4.21. The molecular formula is C15H18N2O2S. The van der Waals surface area contributed by atoms with Crippen LogP contribution in [-0.4, -0.2) is 19.4 Å². The zero-order valence-corrected chi connectivity index (χ0v) is 12.4. The van der Waals surface area contributed by atoms with Gasteiger partial charge in [0.25, 0.3) is 0 Å². The van der Waals surface area contributed by atoms with E-state index in [0.29, 0.717) is 10.6 Å². The maximum atomic E-state index is 11.3. The van der Waals surface area contributed by atoms with Crippen molar-refractivity contribution in [2.45, 2.75) is 13.3 Å². The molecule has 0 aliphatic rings. The van der Waals surface area contributed by atoms with E-state index in [-0.39, 0.29) is 5.78 Å². The van der Waals surface area contributed by atoms with Crippen LogP contribution < -0.4 is 15.8 Å². The summed E-state index contributed by atoms with van der Waals surface area (Å²) in [7, 11) is 1.67. The van der Waals surface area contributed by atoms with Crippen molar-refractivity contribution >= 4 is 27.8 Å². The number of carbonyl (C=O) groups is 1. The number of carbonyl (C=O) groups excluding carboxylic acids is 1. The van der Waals surface area contributed by atoms with Gasteiger partial charge in [-0.3, -0.25) is 4.79 Å². The van der Waals surface area contributed by atoms with Gasteiger partial charge < -0.3 is 15.8 Å². The van der Waals surface area contributed by atoms with E-state index < -0.39 is 0 Å². The predicted molar refractivity (Wildman–Crippen MR) is 83.9 cm³/mol. The van der Waals surface area contributed by atoms with Crippen LogP contribution in [0.15, 0.2) is 30.3 Å². The molecule has 0 bridgehead atoms. The van der Waals surface area contributed by atoms with Crippen LogP contribution in [0.25, 0.3) is 0 Å². The van der Waals surface area contributed by atoms with Crippen LogP contribution in [0.1, 0.15) is 22.2 Å². The minimum absolute atomic E-state index is 0.00489. The second kappa shape index (κ2) is 6.43. The van der Waals surface area contributed by atoms with E-state index >= 15 is 0 Å². The fourth-order valence-electron chi connectivity index (χ4n) is 2.00. The summed E-state index contributed by atoms with van der Waals surface area (Å²) >= 11 is 1.40. The van der Waals surface area contributed by atoms with E-state index in [4.69, 9.17) is 10.5 Å². The lowest BCUT2D eigenvalue weighted by Gasteiger charge is -2.08. The highest BCUT2D eigenvalue weighted by molar-refractivity contribution is 7.18. The van der Waals surface area contributed by atoms with Crippen molar-refractivity contribution in [3.63, 3.8) is 0 Å². The molecule has 1 heterocycles. The van der Waals surface area contributed by atoms with Crippen LogP contribution in [0.3, 0.4) is 0 Å². The predicted octanol–water partition coefficient (Wildman–Crippen LogP) is 3.20. The minimum atomic E-state index is 0.00489. The Hall–Kier alpha value is -2.01. The molecule has 0 atom stereocenters. The molecule has 3 N–H and O–H groups in total. The Labute approximate surface area is 122 Å². The van der Waals surface area contributed by atoms with Gasteiger partial charge in [-0.2, -0.15) is 0 Å². The highest BCUT2D eigenvalue weighted by atomic mass is 32.1. The van der Waals surface area contributed by atoms with Crippen LogP contribution in [0.4, 0.5) is 10.7 Å². The summed E-state index contributed by atoms with van der Waals surface area (Å²) in [6, 6.07) is 9.75. The topological polar surface area (TPSA) is 64.3 Å². The largest absolute Gasteiger partial charge is 0.496 e. The van der Waals surface area contributed by atoms with Crippen molar-refractivity contribution in [3.8, 4) is 5.75 Å². The Balaban J connectivity index is 1.96. The summed E-state index contributed by atoms with van der Waals surface area (Å²) in [5.41, 5.74) is 7.50. The lowest BCUT2D eigenvalue weighted by atomic mass is 10.1. The molecule has 0 spiro atoms. The van der Waals surface area contributed by atoms with Crippen LogP contribution in [0, 0.1) is 0 Å². The zero-order chi connectivity index (χ0) is 14.5. The number of Topliss-reactive ketones (excluding diaryl/α,β-unsaturated/α-hetero) is 1. The molecule has 20 heavy (non-hydrogen) atoms. The second-order valence-corrected chi connectivity index (χ2v) is 5.49. The van der Waals surface area contributed by atoms with Crippen molar-refractivity contribution in [1.82, 2.24) is 0 Å². The van der Waals surface area contributed by atoms with Gasteiger partial charge in [-0.1, -0.05) is 18.2 Å². The molecule has 1 aromatic carbocycles. The molecule has 0 aliphatic carbocycles. The number of para-hydroxylation sites is 1. The Morgan fingerprint density at radius 2 is 2.15 bits per heavy atom. The molecule has 0 aliphatic heterocycles. The smallest absolute Gasteiger partial charge is 0.171 e. The Morgan fingerprint density at radius 1 is 1.40 bits per heavy atom. The number of anilines is 2. The van der Waals surface area contributed by atoms with E-state index in [0.717, 1.165) is 29.3 Å². The number of nitrogens with two attached hydrogens (primary N) is 1. The molecule has 0 saturated heterocycles. The van der Waals surface area contributed by atoms with Crippen LogP contribution in [0.5, 0.6) is 5.75 Å². The third-order valence-corrected chi connectivity index (χ3v) is 4.18. The quantitative estimate of drug-likeness (QED) is 0.802. The van der Waals surface area contributed by atoms with Gasteiger partial charge >= 0.3 is 0 Å². The number of benzene rings is 1. The fraction of sp³-hybridized carbons (Fsp3) is 0.267. The van der Waals surface area contributed by atoms with Crippen molar-refractivity contribution in [2.24, 2.45) is 0 Å². The number of ketones is 1. The highest BCUT2D eigenvalue weighted by Gasteiger charge is 2.10. The standard InChI is InChI=1S/C15H18N2O2S/c1-10(18)15-12(16)9-14(20-15)17-8-7-11-5-3-4-6-13(11)19-2/h3-6,9,17H,7-8,16H2,1-2H3. The molecular weight excluding hydrogens is 272 g/mol. The maximum absolute atomic E-state index is 11.3. The first-order valence-corrected chi connectivity index (χ1v) is 7.19. The molecule has 5 heteroatoms. The Bertz CT molecular complexity index is 608. The second-order valence-electron chi connectivity index (χ2n) is 4.44. The van der Waals surface area contributed by atoms with Gasteiger partial charge in [-0.05, 0) is 24.1 Å². The summed E-state index contributed by atoms with van der Waals surface area (Å²) in [5.74, 6) is 0.898. The molecule has 2 rings (SSSR count). The molecule has 0 unspecified atom stereocenters. The zero-order valence-electron chi connectivity index (χ0n) is 11.6. The monoisotopic (exact) mass is 290 g/mol. The number of nitrogen functional groups attached to an aromatic ring is 1. The van der Waals surface area contributed by atoms with Gasteiger partial charge in [-0.15, -0.1) is 11.3 Å². The van der Waals surface area contributed by atoms with Gasteiger partial charge in [0.1, 0.15) is 5.75 Å². The Morgan fingerprint density at radius 3 is 2.80 bits per heavy atom. The summed E-state index contributed by atoms with van der Waals surface area (Å²) < 4.78 is 5.31. The van der Waals surface area contributed by atoms with Crippen LogP contribution in [0.2, 0.25) is 0 Å². The average Bonchev–Trinajstić information content (AvgIpc) is 2.80. The molecule has 0 saturated carbocycles. The number of ether oxygens (including phenoxy) is 1. The number of hydrogen-bond donors (Lipinski definition) is 2. The molecule has 0 radical (unpaired) electrons. The van der Waals surface area contributed by atoms with Crippen LogP contribution >= 0.6 is 11.3 Å². The van der Waals surface area contributed by atoms with Crippen molar-refractivity contribution in [1.29, 1.82) is 0 Å². The minimum Gasteiger partial charge on any atom is -0.496 e. The third-order valence-electron chi connectivity index (χ3n) is 2.97. The summed E-state index contributed by atoms with van der Waals surface area (Å²) in [4.78, 5) is 12.0. The molecule has 1 aromatic heterocycles. The Kier molecular flexibility index (Phi) is 4.63. The lowest BCUT2D eigenvalue weighted by molar-refractivity contribution is 0.102. The van der Waals surface area contributed by atoms with E-state index in [9.17, 15) is 4.79 Å². The third kappa shape index (κ3) is 3.30. The molecule has 4 nitrogen and oxygen atoms in total. The fourth-order valence-corrected chi connectivity index (χ4v) is 2.90. The highest BCUT2D eigenvalue weighted by Crippen LogP contribution is 2.29. The van der Waals surface area contributed by atoms with Gasteiger partial charge in [0.2, 0.25) is 0 Å². The van der Waals surface area contributed by atoms with E-state index in [1.807, 2.05) is 30.3 Å². The first kappa shape index (κ1) is 14.4. The molecule has 0 amide bonds. The molecule has 2 aromatic rings. The number of rotatable bonds is 6.